The molecule has 0 radical (unpaired) electrons. The molecule has 2 aromatic rings. The first-order valence-electron chi connectivity index (χ1n) is 7.40. The standard InChI is InChI=1S/C12H10O.C6H12OSi/c1-3-7-11(8-4-1)13-12-9-5-2-6-10-12;1-2-8-6-4-3-5-7-8/h1-10H;2,8H,1,3-6H2. The van der Waals surface area contributed by atoms with E-state index in [2.05, 4.69) is 6.58 Å². The van der Waals surface area contributed by atoms with E-state index < -0.39 is 9.04 Å². The minimum absolute atomic E-state index is 0.841. The molecular weight excluding hydrogens is 276 g/mol. The minimum Gasteiger partial charge on any atom is -0.457 e. The molecule has 0 amide bonds. The van der Waals surface area contributed by atoms with Crippen molar-refractivity contribution in [2.75, 3.05) is 6.61 Å². The van der Waals surface area contributed by atoms with E-state index in [1.165, 1.54) is 18.9 Å². The molecule has 1 aliphatic rings. The van der Waals surface area contributed by atoms with E-state index in [1.807, 2.05) is 66.4 Å². The Bertz CT molecular complexity index is 470. The Morgan fingerprint density at radius 3 is 1.86 bits per heavy atom. The van der Waals surface area contributed by atoms with Crippen LogP contribution >= 0.6 is 0 Å². The van der Waals surface area contributed by atoms with Crippen molar-refractivity contribution >= 4 is 9.04 Å². The van der Waals surface area contributed by atoms with Gasteiger partial charge in [-0.05, 0) is 36.7 Å². The maximum atomic E-state index is 5.58. The lowest BCUT2D eigenvalue weighted by atomic mass is 10.3. The summed E-state index contributed by atoms with van der Waals surface area (Å²) in [7, 11) is -0.841. The van der Waals surface area contributed by atoms with Crippen LogP contribution in [0.4, 0.5) is 0 Å². The molecule has 0 bridgehead atoms. The number of para-hydroxylation sites is 2. The smallest absolute Gasteiger partial charge is 0.200 e. The summed E-state index contributed by atoms with van der Waals surface area (Å²) in [6.45, 7) is 4.71. The van der Waals surface area contributed by atoms with E-state index >= 15 is 0 Å². The van der Waals surface area contributed by atoms with Gasteiger partial charge in [0.05, 0.1) is 0 Å². The SMILES string of the molecule is C=C[SiH]1CCCCO1.c1ccc(Oc2ccccc2)cc1. The summed E-state index contributed by atoms with van der Waals surface area (Å²) in [4.78, 5) is 0. The van der Waals surface area contributed by atoms with E-state index in [0.717, 1.165) is 18.1 Å². The molecule has 3 rings (SSSR count). The van der Waals surface area contributed by atoms with Gasteiger partial charge in [0, 0.05) is 6.61 Å². The largest absolute Gasteiger partial charge is 0.457 e. The monoisotopic (exact) mass is 298 g/mol. The van der Waals surface area contributed by atoms with Crippen LogP contribution in [0.15, 0.2) is 72.9 Å². The third-order valence-corrected chi connectivity index (χ3v) is 5.37. The van der Waals surface area contributed by atoms with Crippen molar-refractivity contribution in [3.8, 4) is 11.5 Å². The zero-order valence-corrected chi connectivity index (χ0v) is 13.4. The molecule has 1 heterocycles. The molecule has 0 spiro atoms. The third kappa shape index (κ3) is 5.98. The molecular formula is C18H22O2Si. The normalized spacial score (nSPS) is 17.2. The molecule has 21 heavy (non-hydrogen) atoms. The van der Waals surface area contributed by atoms with Gasteiger partial charge in [-0.15, -0.1) is 6.58 Å². The summed E-state index contributed by atoms with van der Waals surface area (Å²) in [5.74, 6) is 1.74. The van der Waals surface area contributed by atoms with Crippen molar-refractivity contribution in [1.82, 2.24) is 0 Å². The lowest BCUT2D eigenvalue weighted by Gasteiger charge is -2.16. The summed E-state index contributed by atoms with van der Waals surface area (Å²) < 4.78 is 11.0. The van der Waals surface area contributed by atoms with Gasteiger partial charge in [-0.1, -0.05) is 48.5 Å². The van der Waals surface area contributed by atoms with Crippen molar-refractivity contribution in [2.24, 2.45) is 0 Å². The Kier molecular flexibility index (Phi) is 6.78. The fourth-order valence-electron chi connectivity index (χ4n) is 2.06. The summed E-state index contributed by atoms with van der Waals surface area (Å²) in [6.07, 6.45) is 2.63. The van der Waals surface area contributed by atoms with Gasteiger partial charge in [-0.3, -0.25) is 0 Å². The minimum atomic E-state index is -0.841. The van der Waals surface area contributed by atoms with Crippen LogP contribution in [0.5, 0.6) is 11.5 Å². The van der Waals surface area contributed by atoms with Crippen molar-refractivity contribution in [2.45, 2.75) is 18.9 Å². The van der Waals surface area contributed by atoms with E-state index in [4.69, 9.17) is 9.16 Å². The first-order chi connectivity index (χ1) is 10.4. The van der Waals surface area contributed by atoms with Crippen molar-refractivity contribution in [3.63, 3.8) is 0 Å². The van der Waals surface area contributed by atoms with E-state index in [-0.39, 0.29) is 0 Å². The second kappa shape index (κ2) is 9.16. The summed E-state index contributed by atoms with van der Waals surface area (Å²) in [5, 5.41) is 0. The van der Waals surface area contributed by atoms with Gasteiger partial charge in [0.15, 0.2) is 0 Å². The van der Waals surface area contributed by atoms with Crippen LogP contribution in [-0.2, 0) is 4.43 Å². The van der Waals surface area contributed by atoms with Gasteiger partial charge in [0.1, 0.15) is 11.5 Å². The molecule has 3 heteroatoms. The van der Waals surface area contributed by atoms with Gasteiger partial charge in [0.2, 0.25) is 9.04 Å². The lowest BCUT2D eigenvalue weighted by Crippen LogP contribution is -2.20. The maximum absolute atomic E-state index is 5.58. The number of hydrogen-bond acceptors (Lipinski definition) is 2. The highest BCUT2D eigenvalue weighted by Crippen LogP contribution is 2.19. The Morgan fingerprint density at radius 2 is 1.48 bits per heavy atom. The first-order valence-corrected chi connectivity index (χ1v) is 9.36. The number of rotatable bonds is 3. The van der Waals surface area contributed by atoms with Gasteiger partial charge >= 0.3 is 0 Å². The van der Waals surface area contributed by atoms with Crippen LogP contribution in [0.25, 0.3) is 0 Å². The zero-order chi connectivity index (χ0) is 14.8. The predicted octanol–water partition coefficient (Wildman–Crippen LogP) is 4.72. The predicted molar refractivity (Wildman–Crippen MR) is 90.3 cm³/mol. The second-order valence-electron chi connectivity index (χ2n) is 4.87. The molecule has 1 unspecified atom stereocenters. The summed E-state index contributed by atoms with van der Waals surface area (Å²) in [6, 6.07) is 20.8. The van der Waals surface area contributed by atoms with Gasteiger partial charge in [-0.25, -0.2) is 0 Å². The Balaban J connectivity index is 0.000000173. The summed E-state index contributed by atoms with van der Waals surface area (Å²) in [5.41, 5.74) is 2.03. The highest BCUT2D eigenvalue weighted by atomic mass is 28.3. The number of ether oxygens (including phenoxy) is 1. The molecule has 0 aromatic heterocycles. The highest BCUT2D eigenvalue weighted by Gasteiger charge is 2.10. The van der Waals surface area contributed by atoms with Gasteiger partial charge in [0.25, 0.3) is 0 Å². The molecule has 1 saturated heterocycles. The fourth-order valence-corrected chi connectivity index (χ4v) is 3.76. The molecule has 1 aliphatic heterocycles. The highest BCUT2D eigenvalue weighted by molar-refractivity contribution is 6.57. The Labute approximate surface area is 128 Å². The maximum Gasteiger partial charge on any atom is 0.200 e. The van der Waals surface area contributed by atoms with Crippen LogP contribution in [0.3, 0.4) is 0 Å². The topological polar surface area (TPSA) is 18.5 Å². The van der Waals surface area contributed by atoms with Gasteiger partial charge in [-0.2, -0.15) is 0 Å². The van der Waals surface area contributed by atoms with Crippen LogP contribution < -0.4 is 4.74 Å². The molecule has 2 aromatic carbocycles. The lowest BCUT2D eigenvalue weighted by molar-refractivity contribution is 0.294. The third-order valence-electron chi connectivity index (χ3n) is 3.20. The zero-order valence-electron chi connectivity index (χ0n) is 12.3. The van der Waals surface area contributed by atoms with Crippen LogP contribution in [0.2, 0.25) is 6.04 Å². The number of hydrogen-bond donors (Lipinski definition) is 0. The quantitative estimate of drug-likeness (QED) is 0.763. The van der Waals surface area contributed by atoms with E-state index in [1.54, 1.807) is 0 Å². The van der Waals surface area contributed by atoms with Crippen LogP contribution in [0.1, 0.15) is 12.8 Å². The second-order valence-corrected chi connectivity index (χ2v) is 7.33. The Morgan fingerprint density at radius 1 is 0.905 bits per heavy atom. The molecule has 110 valence electrons. The molecule has 1 atom stereocenters. The van der Waals surface area contributed by atoms with Crippen molar-refractivity contribution < 1.29 is 9.16 Å². The molecule has 0 N–H and O–H groups in total. The van der Waals surface area contributed by atoms with E-state index in [9.17, 15) is 0 Å². The average Bonchev–Trinajstić information content (AvgIpc) is 2.58. The first kappa shape index (κ1) is 15.5. The molecule has 1 fully saturated rings. The van der Waals surface area contributed by atoms with E-state index in [0.29, 0.717) is 0 Å². The molecule has 0 aliphatic carbocycles. The van der Waals surface area contributed by atoms with Gasteiger partial charge < -0.3 is 9.16 Å². The fraction of sp³-hybridized carbons (Fsp3) is 0.222. The van der Waals surface area contributed by atoms with Crippen molar-refractivity contribution in [3.05, 3.63) is 72.9 Å². The van der Waals surface area contributed by atoms with Crippen molar-refractivity contribution in [1.29, 1.82) is 0 Å². The summed E-state index contributed by atoms with van der Waals surface area (Å²) >= 11 is 0. The molecule has 0 saturated carbocycles. The van der Waals surface area contributed by atoms with Crippen LogP contribution in [0, 0.1) is 0 Å². The van der Waals surface area contributed by atoms with Crippen LogP contribution in [-0.4, -0.2) is 15.6 Å². The Hall–Kier alpha value is -1.84. The molecule has 2 nitrogen and oxygen atoms in total. The number of benzene rings is 2. The average molecular weight is 298 g/mol.